The fourth-order valence-corrected chi connectivity index (χ4v) is 7.76. The van der Waals surface area contributed by atoms with Crippen molar-refractivity contribution in [1.82, 2.24) is 20.1 Å². The van der Waals surface area contributed by atoms with Crippen molar-refractivity contribution in [1.29, 1.82) is 5.26 Å². The summed E-state index contributed by atoms with van der Waals surface area (Å²) < 4.78 is 36.3. The number of nitrogens with one attached hydrogen (secondary N) is 1. The number of likely N-dealkylation sites (tertiary alicyclic amines) is 1. The summed E-state index contributed by atoms with van der Waals surface area (Å²) in [7, 11) is 0. The number of alkyl halides is 2. The molecule has 1 saturated heterocycles. The molecule has 0 saturated carbocycles. The van der Waals surface area contributed by atoms with Gasteiger partial charge in [-0.1, -0.05) is 83.9 Å². The number of fused-ring (bicyclic) bond motifs is 3. The van der Waals surface area contributed by atoms with Crippen LogP contribution in [0.4, 0.5) is 19.3 Å². The van der Waals surface area contributed by atoms with E-state index in [1.54, 1.807) is 29.2 Å². The minimum Gasteiger partial charge on any atom is -0.448 e. The third-order valence-corrected chi connectivity index (χ3v) is 10.6. The van der Waals surface area contributed by atoms with Crippen LogP contribution in [0.1, 0.15) is 42.4 Å². The van der Waals surface area contributed by atoms with Gasteiger partial charge in [0.05, 0.1) is 34.0 Å². The monoisotopic (exact) mass is 785 g/mol. The summed E-state index contributed by atoms with van der Waals surface area (Å²) >= 11 is 12.7. The number of rotatable bonds is 9. The first-order chi connectivity index (χ1) is 26.7. The van der Waals surface area contributed by atoms with Crippen LogP contribution in [0, 0.1) is 11.5 Å². The molecular weight excluding hydrogens is 751 g/mol. The fourth-order valence-electron chi connectivity index (χ4n) is 7.47. The Hall–Kier alpha value is -5.71. The number of hydrogen-bond donors (Lipinski definition) is 1. The summed E-state index contributed by atoms with van der Waals surface area (Å²) in [5.41, 5.74) is 5.61. The maximum Gasteiger partial charge on any atom is 0.410 e. The highest BCUT2D eigenvalue weighted by molar-refractivity contribution is 6.42. The summed E-state index contributed by atoms with van der Waals surface area (Å²) in [5, 5.41) is 19.0. The van der Waals surface area contributed by atoms with Crippen molar-refractivity contribution in [3.63, 3.8) is 0 Å². The van der Waals surface area contributed by atoms with Crippen LogP contribution in [-0.2, 0) is 9.53 Å². The Balaban J connectivity index is 1.14. The molecule has 1 N–H and O–H groups in total. The van der Waals surface area contributed by atoms with Gasteiger partial charge in [0.2, 0.25) is 11.9 Å². The molecule has 2 atom stereocenters. The number of guanidine groups is 1. The molecule has 3 aliphatic rings. The highest BCUT2D eigenvalue weighted by atomic mass is 35.5. The van der Waals surface area contributed by atoms with Gasteiger partial charge in [0.1, 0.15) is 18.4 Å². The first kappa shape index (κ1) is 37.6. The summed E-state index contributed by atoms with van der Waals surface area (Å²) in [6, 6.07) is 25.3. The zero-order valence-electron chi connectivity index (χ0n) is 29.5. The molecule has 2 aliphatic heterocycles. The first-order valence-corrected chi connectivity index (χ1v) is 18.4. The molecule has 1 aliphatic carbocycles. The second-order valence-corrected chi connectivity index (χ2v) is 13.9. The number of ether oxygens (including phenoxy) is 2. The number of benzene rings is 4. The topological polar surface area (TPSA) is 123 Å². The normalized spacial score (nSPS) is 17.8. The predicted molar refractivity (Wildman–Crippen MR) is 205 cm³/mol. The van der Waals surface area contributed by atoms with Crippen LogP contribution in [0.2, 0.25) is 10.0 Å². The number of hydrogen-bond acceptors (Lipinski definition) is 7. The molecule has 0 aromatic heterocycles. The van der Waals surface area contributed by atoms with Crippen molar-refractivity contribution in [3.05, 3.63) is 118 Å². The molecule has 0 radical (unpaired) electrons. The lowest BCUT2D eigenvalue weighted by Crippen LogP contribution is -2.54. The van der Waals surface area contributed by atoms with Crippen LogP contribution >= 0.6 is 23.2 Å². The third-order valence-electron chi connectivity index (χ3n) is 9.90. The number of carbonyl (C=O) groups is 2. The largest absolute Gasteiger partial charge is 0.448 e. The van der Waals surface area contributed by atoms with E-state index in [4.69, 9.17) is 33.0 Å². The lowest BCUT2D eigenvalue weighted by molar-refractivity contribution is -0.136. The molecule has 55 heavy (non-hydrogen) atoms. The molecule has 282 valence electrons. The Morgan fingerprint density at radius 2 is 1.75 bits per heavy atom. The van der Waals surface area contributed by atoms with E-state index < -0.39 is 24.8 Å². The van der Waals surface area contributed by atoms with Crippen molar-refractivity contribution in [3.8, 4) is 23.1 Å². The average Bonchev–Trinajstić information content (AvgIpc) is 3.92. The average molecular weight is 787 g/mol. The van der Waals surface area contributed by atoms with Crippen LogP contribution < -0.4 is 10.1 Å². The molecule has 2 heterocycles. The van der Waals surface area contributed by atoms with Crippen LogP contribution in [0.25, 0.3) is 11.1 Å². The highest BCUT2D eigenvalue weighted by Gasteiger charge is 2.43. The molecule has 15 heteroatoms. The smallest absolute Gasteiger partial charge is 0.410 e. The summed E-state index contributed by atoms with van der Waals surface area (Å²) in [6.07, 6.45) is 2.34. The van der Waals surface area contributed by atoms with Crippen molar-refractivity contribution in [2.45, 2.75) is 44.4 Å². The Bertz CT molecular complexity index is 2170. The van der Waals surface area contributed by atoms with E-state index >= 15 is 0 Å². The van der Waals surface area contributed by atoms with Gasteiger partial charge in [0, 0.05) is 30.6 Å². The van der Waals surface area contributed by atoms with Gasteiger partial charge in [-0.05, 0) is 66.3 Å². The Kier molecular flexibility index (Phi) is 11.2. The van der Waals surface area contributed by atoms with Gasteiger partial charge in [-0.3, -0.25) is 15.0 Å². The SMILES string of the molecule is CCN(C(=O)[C@H]1CCCN1C(=O)OCC1c2ccccc2-c2ccccc21)C1CN(C(=Nc2cccc(OC(F)F)c2)NC#N)N=C1c1ccc(Cl)c(Cl)c1. The Morgan fingerprint density at radius 1 is 1.02 bits per heavy atom. The van der Waals surface area contributed by atoms with E-state index in [0.29, 0.717) is 35.7 Å². The Labute approximate surface area is 326 Å². The van der Waals surface area contributed by atoms with Gasteiger partial charge in [0.15, 0.2) is 6.19 Å². The molecule has 2 amide bonds. The molecule has 0 bridgehead atoms. The van der Waals surface area contributed by atoms with E-state index in [1.165, 1.54) is 28.1 Å². The number of likely N-dealkylation sites (N-methyl/N-ethyl adjacent to an activating group) is 1. The van der Waals surface area contributed by atoms with Crippen LogP contribution in [-0.4, -0.2) is 83.4 Å². The summed E-state index contributed by atoms with van der Waals surface area (Å²) in [4.78, 5) is 35.9. The zero-order chi connectivity index (χ0) is 38.6. The van der Waals surface area contributed by atoms with Crippen LogP contribution in [0.3, 0.4) is 0 Å². The van der Waals surface area contributed by atoms with E-state index in [-0.39, 0.29) is 53.9 Å². The predicted octanol–water partition coefficient (Wildman–Crippen LogP) is 8.00. The summed E-state index contributed by atoms with van der Waals surface area (Å²) in [6.45, 7) is -0.432. The number of halogens is 4. The number of aliphatic imine (C=N–C) groups is 1. The number of nitrogens with zero attached hydrogens (tertiary/aromatic N) is 6. The molecule has 4 aromatic rings. The molecule has 4 aromatic carbocycles. The molecule has 1 unspecified atom stereocenters. The minimum atomic E-state index is -3.04. The van der Waals surface area contributed by atoms with Crippen molar-refractivity contribution < 1.29 is 27.8 Å². The minimum absolute atomic E-state index is 0.0265. The van der Waals surface area contributed by atoms with Crippen molar-refractivity contribution in [2.24, 2.45) is 10.1 Å². The molecule has 11 nitrogen and oxygen atoms in total. The van der Waals surface area contributed by atoms with E-state index in [1.807, 2.05) is 49.5 Å². The maximum atomic E-state index is 14.6. The van der Waals surface area contributed by atoms with Gasteiger partial charge in [-0.15, -0.1) is 0 Å². The van der Waals surface area contributed by atoms with Gasteiger partial charge in [-0.2, -0.15) is 19.1 Å². The number of hydrazone groups is 1. The van der Waals surface area contributed by atoms with Gasteiger partial charge < -0.3 is 14.4 Å². The molecule has 0 spiro atoms. The van der Waals surface area contributed by atoms with E-state index in [9.17, 15) is 23.6 Å². The zero-order valence-corrected chi connectivity index (χ0v) is 31.1. The quantitative estimate of drug-likeness (QED) is 0.0790. The van der Waals surface area contributed by atoms with E-state index in [2.05, 4.69) is 27.2 Å². The fraction of sp³-hybridized carbons (Fsp3) is 0.275. The van der Waals surface area contributed by atoms with Gasteiger partial charge in [-0.25, -0.2) is 14.8 Å². The number of amides is 2. The second kappa shape index (κ2) is 16.3. The third kappa shape index (κ3) is 7.78. The van der Waals surface area contributed by atoms with E-state index in [0.717, 1.165) is 22.3 Å². The number of nitriles is 1. The van der Waals surface area contributed by atoms with Crippen molar-refractivity contribution in [2.75, 3.05) is 26.2 Å². The lowest BCUT2D eigenvalue weighted by Gasteiger charge is -2.34. The van der Waals surface area contributed by atoms with Crippen molar-refractivity contribution >= 4 is 52.6 Å². The highest BCUT2D eigenvalue weighted by Crippen LogP contribution is 2.44. The van der Waals surface area contributed by atoms with Crippen LogP contribution in [0.15, 0.2) is 101 Å². The van der Waals surface area contributed by atoms with Gasteiger partial charge >= 0.3 is 12.7 Å². The molecule has 7 rings (SSSR count). The van der Waals surface area contributed by atoms with Gasteiger partial charge in [0.25, 0.3) is 0 Å². The van der Waals surface area contributed by atoms with Crippen LogP contribution in [0.5, 0.6) is 5.75 Å². The molecular formula is C40H35Cl2F2N7O4. The maximum absolute atomic E-state index is 14.6. The Morgan fingerprint density at radius 3 is 2.42 bits per heavy atom. The standard InChI is InChI=1S/C40H35Cl2F2N7O4/c1-2-49(37(52)34-15-8-18-50(34)40(53)54-22-31-29-13-5-3-11-27(29)28-12-4-6-14-30(28)31)35-21-51(48-36(35)24-16-17-32(41)33(42)19-24)39(46-23-45)47-25-9-7-10-26(20-25)55-38(43)44/h3-7,9-14,16-17,19-20,31,34-35,38H,2,8,15,18,21-22H2,1H3,(H,46,47)/t34-,35?/m1/s1. The number of carbonyl (C=O) groups excluding carboxylic acids is 2. The lowest BCUT2D eigenvalue weighted by atomic mass is 9.98. The first-order valence-electron chi connectivity index (χ1n) is 17.7. The second-order valence-electron chi connectivity index (χ2n) is 13.0. The summed E-state index contributed by atoms with van der Waals surface area (Å²) in [5.74, 6) is -0.572. The molecule has 1 fully saturated rings.